The Hall–Kier alpha value is -3.01. The van der Waals surface area contributed by atoms with E-state index < -0.39 is 4.92 Å². The summed E-state index contributed by atoms with van der Waals surface area (Å²) in [4.78, 5) is 22.8. The molecule has 0 bridgehead atoms. The average molecular weight is 475 g/mol. The first-order valence-corrected chi connectivity index (χ1v) is 8.96. The molecule has 0 aliphatic carbocycles. The molecule has 0 aliphatic rings. The third-order valence-electron chi connectivity index (χ3n) is 3.71. The van der Waals surface area contributed by atoms with Crippen molar-refractivity contribution in [1.29, 1.82) is 0 Å². The Morgan fingerprint density at radius 2 is 1.93 bits per heavy atom. The number of benzene rings is 2. The predicted octanol–water partition coefficient (Wildman–Crippen LogP) is 4.53. The molecule has 1 aromatic heterocycles. The van der Waals surface area contributed by atoms with Crippen molar-refractivity contribution in [2.45, 2.75) is 6.92 Å². The van der Waals surface area contributed by atoms with Gasteiger partial charge in [-0.05, 0) is 77.5 Å². The molecule has 0 spiro atoms. The molecule has 0 fully saturated rings. The van der Waals surface area contributed by atoms with Gasteiger partial charge < -0.3 is 4.42 Å². The van der Waals surface area contributed by atoms with Gasteiger partial charge in [0.25, 0.3) is 11.6 Å². The van der Waals surface area contributed by atoms with Crippen LogP contribution >= 0.6 is 22.6 Å². The molecule has 8 heteroatoms. The van der Waals surface area contributed by atoms with Gasteiger partial charge in [0.15, 0.2) is 0 Å². The van der Waals surface area contributed by atoms with Crippen molar-refractivity contribution in [1.82, 2.24) is 5.43 Å². The van der Waals surface area contributed by atoms with E-state index in [4.69, 9.17) is 4.42 Å². The summed E-state index contributed by atoms with van der Waals surface area (Å²) in [5, 5.41) is 15.1. The Morgan fingerprint density at radius 3 is 2.63 bits per heavy atom. The summed E-state index contributed by atoms with van der Waals surface area (Å²) >= 11 is 2.16. The maximum absolute atomic E-state index is 12.0. The molecule has 7 nitrogen and oxygen atoms in total. The second-order valence-electron chi connectivity index (χ2n) is 5.69. The van der Waals surface area contributed by atoms with Crippen LogP contribution in [-0.2, 0) is 0 Å². The summed E-state index contributed by atoms with van der Waals surface area (Å²) in [6, 6.07) is 15.2. The van der Waals surface area contributed by atoms with E-state index in [9.17, 15) is 14.9 Å². The van der Waals surface area contributed by atoms with Crippen LogP contribution in [-0.4, -0.2) is 17.0 Å². The van der Waals surface area contributed by atoms with E-state index in [-0.39, 0.29) is 11.6 Å². The molecule has 136 valence electrons. The zero-order valence-electron chi connectivity index (χ0n) is 14.2. The van der Waals surface area contributed by atoms with Gasteiger partial charge in [-0.1, -0.05) is 6.07 Å². The van der Waals surface area contributed by atoms with Gasteiger partial charge in [0.1, 0.15) is 11.5 Å². The minimum Gasteiger partial charge on any atom is -0.455 e. The first kappa shape index (κ1) is 18.8. The van der Waals surface area contributed by atoms with Crippen molar-refractivity contribution in [2.24, 2.45) is 5.10 Å². The maximum atomic E-state index is 12.0. The van der Waals surface area contributed by atoms with Crippen molar-refractivity contribution in [3.05, 3.63) is 85.2 Å². The molecule has 2 aromatic carbocycles. The van der Waals surface area contributed by atoms with Gasteiger partial charge >= 0.3 is 0 Å². The van der Waals surface area contributed by atoms with E-state index in [2.05, 4.69) is 33.1 Å². The van der Waals surface area contributed by atoms with E-state index in [1.165, 1.54) is 12.3 Å². The normalized spacial score (nSPS) is 10.9. The van der Waals surface area contributed by atoms with E-state index in [0.717, 1.165) is 9.13 Å². The summed E-state index contributed by atoms with van der Waals surface area (Å²) in [5.41, 5.74) is 4.05. The Labute approximate surface area is 168 Å². The van der Waals surface area contributed by atoms with Crippen LogP contribution in [0.1, 0.15) is 21.7 Å². The Morgan fingerprint density at radius 1 is 1.19 bits per heavy atom. The van der Waals surface area contributed by atoms with Crippen LogP contribution in [0.3, 0.4) is 0 Å². The first-order chi connectivity index (χ1) is 12.9. The molecule has 0 aliphatic heterocycles. The number of nitro benzene ring substituents is 1. The summed E-state index contributed by atoms with van der Waals surface area (Å²) < 4.78 is 6.63. The molecule has 1 heterocycles. The zero-order valence-corrected chi connectivity index (χ0v) is 16.3. The molecular weight excluding hydrogens is 461 g/mol. The highest BCUT2D eigenvalue weighted by Crippen LogP contribution is 2.31. The third kappa shape index (κ3) is 4.59. The number of halogens is 1. The molecular formula is C19H14IN3O4. The molecule has 27 heavy (non-hydrogen) atoms. The van der Waals surface area contributed by atoms with Gasteiger partial charge in [0.05, 0.1) is 16.7 Å². The number of carbonyl (C=O) groups is 1. The number of nitrogens with zero attached hydrogens (tertiary/aromatic N) is 2. The largest absolute Gasteiger partial charge is 0.455 e. The van der Waals surface area contributed by atoms with Crippen molar-refractivity contribution in [2.75, 3.05) is 0 Å². The molecule has 0 saturated heterocycles. The summed E-state index contributed by atoms with van der Waals surface area (Å²) in [6.45, 7) is 1.79. The average Bonchev–Trinajstić information content (AvgIpc) is 3.10. The van der Waals surface area contributed by atoms with Gasteiger partial charge in [-0.15, -0.1) is 0 Å². The number of carbonyl (C=O) groups excluding carboxylic acids is 1. The smallest absolute Gasteiger partial charge is 0.280 e. The van der Waals surface area contributed by atoms with E-state index in [1.54, 1.807) is 43.3 Å². The lowest BCUT2D eigenvalue weighted by Gasteiger charge is -2.01. The number of aryl methyl sites for hydroxylation is 1. The Balaban J connectivity index is 1.73. The molecule has 0 atom stereocenters. The SMILES string of the molecule is Cc1ccc(-c2ccc(/C=N\NC(=O)c3ccc(I)cc3)o2)c([N+](=O)[O-])c1. The molecule has 1 amide bonds. The molecule has 1 N–H and O–H groups in total. The fourth-order valence-electron chi connectivity index (χ4n) is 2.39. The molecule has 0 saturated carbocycles. The summed E-state index contributed by atoms with van der Waals surface area (Å²) in [5.74, 6) is 0.374. The van der Waals surface area contributed by atoms with Crippen LogP contribution in [0.5, 0.6) is 0 Å². The number of rotatable bonds is 5. The van der Waals surface area contributed by atoms with Crippen LogP contribution in [0.25, 0.3) is 11.3 Å². The van der Waals surface area contributed by atoms with Gasteiger partial charge in [-0.3, -0.25) is 14.9 Å². The standard InChI is InChI=1S/C19H14IN3O4/c1-12-2-8-16(17(10-12)23(25)26)18-9-7-15(27-18)11-21-22-19(24)13-3-5-14(20)6-4-13/h2-11H,1H3,(H,22,24)/b21-11-. The zero-order chi connectivity index (χ0) is 19.4. The highest BCUT2D eigenvalue weighted by atomic mass is 127. The fraction of sp³-hybridized carbons (Fsp3) is 0.0526. The molecule has 0 radical (unpaired) electrons. The lowest BCUT2D eigenvalue weighted by molar-refractivity contribution is -0.384. The monoisotopic (exact) mass is 475 g/mol. The predicted molar refractivity (Wildman–Crippen MR) is 110 cm³/mol. The van der Waals surface area contributed by atoms with Gasteiger partial charge in [0, 0.05) is 15.2 Å². The lowest BCUT2D eigenvalue weighted by atomic mass is 10.1. The Kier molecular flexibility index (Phi) is 5.65. The van der Waals surface area contributed by atoms with Crippen LogP contribution in [0.15, 0.2) is 64.1 Å². The number of hydrogen-bond donors (Lipinski definition) is 1. The Bertz CT molecular complexity index is 1030. The maximum Gasteiger partial charge on any atom is 0.280 e. The van der Waals surface area contributed by atoms with Crippen LogP contribution in [0.2, 0.25) is 0 Å². The van der Waals surface area contributed by atoms with Gasteiger partial charge in [-0.2, -0.15) is 5.10 Å². The van der Waals surface area contributed by atoms with Crippen molar-refractivity contribution < 1.29 is 14.1 Å². The summed E-state index contributed by atoms with van der Waals surface area (Å²) in [6.07, 6.45) is 1.34. The van der Waals surface area contributed by atoms with Crippen molar-refractivity contribution >= 4 is 40.4 Å². The molecule has 0 unspecified atom stereocenters. The number of hydrazone groups is 1. The summed E-state index contributed by atoms with van der Waals surface area (Å²) in [7, 11) is 0. The quantitative estimate of drug-likeness (QED) is 0.254. The highest BCUT2D eigenvalue weighted by Gasteiger charge is 2.18. The first-order valence-electron chi connectivity index (χ1n) is 7.88. The second kappa shape index (κ2) is 8.12. The molecule has 3 aromatic rings. The number of amides is 1. The number of nitro groups is 1. The topological polar surface area (TPSA) is 97.7 Å². The lowest BCUT2D eigenvalue weighted by Crippen LogP contribution is -2.17. The number of nitrogens with one attached hydrogen (secondary N) is 1. The fourth-order valence-corrected chi connectivity index (χ4v) is 2.75. The van der Waals surface area contributed by atoms with E-state index in [0.29, 0.717) is 22.6 Å². The van der Waals surface area contributed by atoms with Crippen molar-refractivity contribution in [3.63, 3.8) is 0 Å². The minimum absolute atomic E-state index is 0.0279. The van der Waals surface area contributed by atoms with Crippen LogP contribution < -0.4 is 5.43 Å². The van der Waals surface area contributed by atoms with Crippen LogP contribution in [0.4, 0.5) is 5.69 Å². The van der Waals surface area contributed by atoms with Crippen molar-refractivity contribution in [3.8, 4) is 11.3 Å². The minimum atomic E-state index is -0.445. The number of hydrogen-bond acceptors (Lipinski definition) is 5. The van der Waals surface area contributed by atoms with Gasteiger partial charge in [0.2, 0.25) is 0 Å². The molecule has 3 rings (SSSR count). The van der Waals surface area contributed by atoms with Gasteiger partial charge in [-0.25, -0.2) is 5.43 Å². The van der Waals surface area contributed by atoms with E-state index in [1.807, 2.05) is 12.1 Å². The van der Waals surface area contributed by atoms with Crippen LogP contribution in [0, 0.1) is 20.6 Å². The second-order valence-corrected chi connectivity index (χ2v) is 6.93. The number of furan rings is 1. The third-order valence-corrected chi connectivity index (χ3v) is 4.43. The highest BCUT2D eigenvalue weighted by molar-refractivity contribution is 14.1. The van der Waals surface area contributed by atoms with E-state index >= 15 is 0 Å².